The Hall–Kier alpha value is -0.590. The molecule has 0 aliphatic heterocycles. The molecule has 3 N–H and O–H groups in total. The van der Waals surface area contributed by atoms with Crippen LogP contribution in [-0.2, 0) is 12.7 Å². The van der Waals surface area contributed by atoms with Gasteiger partial charge in [0.05, 0.1) is 5.56 Å². The topological polar surface area (TPSA) is 38.0 Å². The maximum atomic E-state index is 12.5. The smallest absolute Gasteiger partial charge is 0.330 e. The molecular formula is C11H14BrF3N2. The maximum Gasteiger partial charge on any atom is 0.416 e. The molecule has 0 aromatic heterocycles. The van der Waals surface area contributed by atoms with E-state index in [2.05, 4.69) is 21.2 Å². The lowest BCUT2D eigenvalue weighted by Crippen LogP contribution is -2.18. The van der Waals surface area contributed by atoms with E-state index in [9.17, 15) is 13.2 Å². The fourth-order valence-corrected chi connectivity index (χ4v) is 1.72. The van der Waals surface area contributed by atoms with Crippen molar-refractivity contribution < 1.29 is 13.2 Å². The number of halogens is 4. The van der Waals surface area contributed by atoms with E-state index in [0.29, 0.717) is 29.7 Å². The molecule has 0 bridgehead atoms. The number of rotatable bonds is 5. The van der Waals surface area contributed by atoms with Crippen molar-refractivity contribution in [2.45, 2.75) is 19.1 Å². The predicted molar refractivity (Wildman–Crippen MR) is 64.5 cm³/mol. The number of nitrogens with two attached hydrogens (primary N) is 1. The summed E-state index contributed by atoms with van der Waals surface area (Å²) in [5.74, 6) is 0. The van der Waals surface area contributed by atoms with Crippen molar-refractivity contribution in [3.05, 3.63) is 33.8 Å². The van der Waals surface area contributed by atoms with Crippen molar-refractivity contribution in [2.24, 2.45) is 5.73 Å². The lowest BCUT2D eigenvalue weighted by atomic mass is 10.1. The van der Waals surface area contributed by atoms with Gasteiger partial charge in [-0.05, 0) is 43.3 Å². The van der Waals surface area contributed by atoms with Gasteiger partial charge in [0.25, 0.3) is 0 Å². The van der Waals surface area contributed by atoms with Crippen molar-refractivity contribution in [3.8, 4) is 0 Å². The van der Waals surface area contributed by atoms with Gasteiger partial charge in [-0.2, -0.15) is 13.2 Å². The molecule has 0 unspecified atom stereocenters. The third kappa shape index (κ3) is 4.65. The minimum Gasteiger partial charge on any atom is -0.330 e. The van der Waals surface area contributed by atoms with Gasteiger partial charge in [0, 0.05) is 11.0 Å². The molecule has 0 saturated heterocycles. The number of hydrogen-bond acceptors (Lipinski definition) is 2. The molecule has 0 atom stereocenters. The summed E-state index contributed by atoms with van der Waals surface area (Å²) in [4.78, 5) is 0. The normalized spacial score (nSPS) is 11.8. The van der Waals surface area contributed by atoms with E-state index < -0.39 is 11.7 Å². The Labute approximate surface area is 107 Å². The Balaban J connectivity index is 2.70. The highest BCUT2D eigenvalue weighted by Crippen LogP contribution is 2.31. The van der Waals surface area contributed by atoms with Gasteiger partial charge in [-0.1, -0.05) is 15.9 Å². The Bertz CT molecular complexity index is 366. The second kappa shape index (κ2) is 6.37. The Morgan fingerprint density at radius 1 is 1.29 bits per heavy atom. The molecule has 96 valence electrons. The molecule has 0 amide bonds. The zero-order chi connectivity index (χ0) is 12.9. The van der Waals surface area contributed by atoms with Crippen LogP contribution in [0.2, 0.25) is 0 Å². The molecule has 1 aromatic rings. The summed E-state index contributed by atoms with van der Waals surface area (Å²) in [6.07, 6.45) is -3.50. The maximum absolute atomic E-state index is 12.5. The zero-order valence-corrected chi connectivity index (χ0v) is 10.7. The van der Waals surface area contributed by atoms with Crippen LogP contribution in [0.5, 0.6) is 0 Å². The summed E-state index contributed by atoms with van der Waals surface area (Å²) in [7, 11) is 0. The molecule has 0 aliphatic rings. The molecule has 0 spiro atoms. The minimum absolute atomic E-state index is 0.393. The molecule has 0 aliphatic carbocycles. The van der Waals surface area contributed by atoms with E-state index in [1.165, 1.54) is 6.07 Å². The molecule has 0 heterocycles. The molecule has 0 radical (unpaired) electrons. The lowest BCUT2D eigenvalue weighted by Gasteiger charge is -2.11. The molecule has 0 saturated carbocycles. The summed E-state index contributed by atoms with van der Waals surface area (Å²) >= 11 is 3.23. The average Bonchev–Trinajstić information content (AvgIpc) is 2.25. The SMILES string of the molecule is NCCCNCc1cc(C(F)(F)F)ccc1Br. The van der Waals surface area contributed by atoms with Crippen LogP contribution < -0.4 is 11.1 Å². The summed E-state index contributed by atoms with van der Waals surface area (Å²) in [6, 6.07) is 3.63. The van der Waals surface area contributed by atoms with E-state index >= 15 is 0 Å². The van der Waals surface area contributed by atoms with Gasteiger partial charge in [-0.3, -0.25) is 0 Å². The van der Waals surface area contributed by atoms with Gasteiger partial charge in [0.2, 0.25) is 0 Å². The van der Waals surface area contributed by atoms with Crippen LogP contribution in [0.15, 0.2) is 22.7 Å². The van der Waals surface area contributed by atoms with Gasteiger partial charge in [-0.25, -0.2) is 0 Å². The van der Waals surface area contributed by atoms with Crippen LogP contribution in [0.1, 0.15) is 17.5 Å². The number of hydrogen-bond donors (Lipinski definition) is 2. The first kappa shape index (κ1) is 14.5. The first-order valence-electron chi connectivity index (χ1n) is 5.21. The van der Waals surface area contributed by atoms with Gasteiger partial charge in [-0.15, -0.1) is 0 Å². The van der Waals surface area contributed by atoms with E-state index in [1.807, 2.05) is 0 Å². The Morgan fingerprint density at radius 2 is 2.00 bits per heavy atom. The highest BCUT2D eigenvalue weighted by molar-refractivity contribution is 9.10. The monoisotopic (exact) mass is 310 g/mol. The standard InChI is InChI=1S/C11H14BrF3N2/c12-10-3-2-9(11(13,14)15)6-8(10)7-17-5-1-4-16/h2-3,6,17H,1,4-5,7,16H2. The highest BCUT2D eigenvalue weighted by atomic mass is 79.9. The summed E-state index contributed by atoms with van der Waals surface area (Å²) in [5.41, 5.74) is 5.29. The number of nitrogens with one attached hydrogen (secondary N) is 1. The number of alkyl halides is 3. The molecule has 2 nitrogen and oxygen atoms in total. The summed E-state index contributed by atoms with van der Waals surface area (Å²) in [6.45, 7) is 1.65. The van der Waals surface area contributed by atoms with Gasteiger partial charge in [0.15, 0.2) is 0 Å². The zero-order valence-electron chi connectivity index (χ0n) is 9.15. The van der Waals surface area contributed by atoms with Crippen LogP contribution in [0.25, 0.3) is 0 Å². The van der Waals surface area contributed by atoms with Crippen LogP contribution in [0.4, 0.5) is 13.2 Å². The highest BCUT2D eigenvalue weighted by Gasteiger charge is 2.30. The van der Waals surface area contributed by atoms with Crippen LogP contribution in [0.3, 0.4) is 0 Å². The van der Waals surface area contributed by atoms with Crippen molar-refractivity contribution in [1.29, 1.82) is 0 Å². The molecule has 1 aromatic carbocycles. The number of benzene rings is 1. The Morgan fingerprint density at radius 3 is 2.59 bits per heavy atom. The minimum atomic E-state index is -4.30. The second-order valence-corrected chi connectivity index (χ2v) is 4.48. The van der Waals surface area contributed by atoms with Crippen LogP contribution in [0, 0.1) is 0 Å². The molecule has 17 heavy (non-hydrogen) atoms. The van der Waals surface area contributed by atoms with Crippen molar-refractivity contribution >= 4 is 15.9 Å². The summed E-state index contributed by atoms with van der Waals surface area (Å²) in [5, 5.41) is 3.04. The van der Waals surface area contributed by atoms with Crippen molar-refractivity contribution in [1.82, 2.24) is 5.32 Å². The van der Waals surface area contributed by atoms with Gasteiger partial charge in [0.1, 0.15) is 0 Å². The molecule has 1 rings (SSSR count). The van der Waals surface area contributed by atoms with Gasteiger partial charge >= 0.3 is 6.18 Å². The largest absolute Gasteiger partial charge is 0.416 e. The quantitative estimate of drug-likeness (QED) is 0.821. The fourth-order valence-electron chi connectivity index (χ4n) is 1.34. The third-order valence-electron chi connectivity index (χ3n) is 2.25. The van der Waals surface area contributed by atoms with Gasteiger partial charge < -0.3 is 11.1 Å². The van der Waals surface area contributed by atoms with Crippen LogP contribution >= 0.6 is 15.9 Å². The lowest BCUT2D eigenvalue weighted by molar-refractivity contribution is -0.137. The van der Waals surface area contributed by atoms with Crippen LogP contribution in [-0.4, -0.2) is 13.1 Å². The summed E-state index contributed by atoms with van der Waals surface area (Å²) < 4.78 is 38.1. The van der Waals surface area contributed by atoms with E-state index in [1.54, 1.807) is 0 Å². The molecule has 0 fully saturated rings. The first-order valence-corrected chi connectivity index (χ1v) is 6.01. The van der Waals surface area contributed by atoms with E-state index in [-0.39, 0.29) is 0 Å². The first-order chi connectivity index (χ1) is 7.95. The second-order valence-electron chi connectivity index (χ2n) is 3.62. The Kier molecular flexibility index (Phi) is 5.42. The third-order valence-corrected chi connectivity index (χ3v) is 3.02. The molecular weight excluding hydrogens is 297 g/mol. The van der Waals surface area contributed by atoms with E-state index in [0.717, 1.165) is 18.6 Å². The van der Waals surface area contributed by atoms with E-state index in [4.69, 9.17) is 5.73 Å². The van der Waals surface area contributed by atoms with Crippen molar-refractivity contribution in [2.75, 3.05) is 13.1 Å². The molecule has 6 heteroatoms. The predicted octanol–water partition coefficient (Wildman–Crippen LogP) is 2.91. The van der Waals surface area contributed by atoms with Crippen molar-refractivity contribution in [3.63, 3.8) is 0 Å². The fraction of sp³-hybridized carbons (Fsp3) is 0.455. The average molecular weight is 311 g/mol.